The predicted molar refractivity (Wildman–Crippen MR) is 77.1 cm³/mol. The molecule has 104 valence electrons. The summed E-state index contributed by atoms with van der Waals surface area (Å²) in [4.78, 5) is 14.0. The van der Waals surface area contributed by atoms with Gasteiger partial charge in [0.2, 0.25) is 5.91 Å². The normalized spacial score (nSPS) is 18.7. The van der Waals surface area contributed by atoms with Gasteiger partial charge in [0, 0.05) is 19.1 Å². The van der Waals surface area contributed by atoms with E-state index in [1.54, 1.807) is 0 Å². The fourth-order valence-corrected chi connectivity index (χ4v) is 2.42. The van der Waals surface area contributed by atoms with Crippen LogP contribution >= 0.6 is 0 Å². The third-order valence-electron chi connectivity index (χ3n) is 3.63. The van der Waals surface area contributed by atoms with Gasteiger partial charge in [-0.25, -0.2) is 0 Å². The van der Waals surface area contributed by atoms with E-state index in [4.69, 9.17) is 0 Å². The molecule has 1 unspecified atom stereocenters. The molecule has 1 aliphatic heterocycles. The molecule has 1 saturated heterocycles. The third kappa shape index (κ3) is 4.65. The molecule has 19 heavy (non-hydrogen) atoms. The van der Waals surface area contributed by atoms with E-state index in [-0.39, 0.29) is 5.91 Å². The maximum atomic E-state index is 11.8. The highest BCUT2D eigenvalue weighted by Gasteiger charge is 2.20. The Morgan fingerprint density at radius 3 is 2.89 bits per heavy atom. The van der Waals surface area contributed by atoms with E-state index in [1.165, 1.54) is 5.56 Å². The molecule has 2 rings (SSSR count). The molecule has 1 fully saturated rings. The molecule has 4 heteroatoms. The van der Waals surface area contributed by atoms with Gasteiger partial charge in [0.1, 0.15) is 0 Å². The van der Waals surface area contributed by atoms with Crippen LogP contribution in [0.15, 0.2) is 30.3 Å². The molecule has 0 aromatic heterocycles. The second kappa shape index (κ2) is 7.26. The molecule has 1 amide bonds. The predicted octanol–water partition coefficient (Wildman–Crippen LogP) is 0.639. The van der Waals surface area contributed by atoms with Crippen molar-refractivity contribution >= 4 is 5.91 Å². The van der Waals surface area contributed by atoms with Crippen LogP contribution in [0, 0.1) is 0 Å². The molecular formula is C15H23N3O. The van der Waals surface area contributed by atoms with Gasteiger partial charge in [-0.15, -0.1) is 0 Å². The number of hydrogen-bond donors (Lipinski definition) is 2. The lowest BCUT2D eigenvalue weighted by Gasteiger charge is -2.22. The number of nitrogens with one attached hydrogen (secondary N) is 2. The Kier molecular flexibility index (Phi) is 5.36. The van der Waals surface area contributed by atoms with Crippen LogP contribution in [-0.4, -0.2) is 50.1 Å². The highest BCUT2D eigenvalue weighted by atomic mass is 16.2. The minimum Gasteiger partial charge on any atom is -0.355 e. The van der Waals surface area contributed by atoms with Crippen LogP contribution in [0.2, 0.25) is 0 Å². The van der Waals surface area contributed by atoms with Crippen molar-refractivity contribution < 1.29 is 4.79 Å². The lowest BCUT2D eigenvalue weighted by Crippen LogP contribution is -2.41. The van der Waals surface area contributed by atoms with Gasteiger partial charge < -0.3 is 10.6 Å². The molecular weight excluding hydrogens is 238 g/mol. The SMILES string of the molecule is CN(CC(=O)NCCc1ccccc1)C1CCNC1. The van der Waals surface area contributed by atoms with Crippen molar-refractivity contribution in [2.45, 2.75) is 18.9 Å². The topological polar surface area (TPSA) is 44.4 Å². The van der Waals surface area contributed by atoms with Crippen LogP contribution < -0.4 is 10.6 Å². The molecule has 0 spiro atoms. The lowest BCUT2D eigenvalue weighted by atomic mass is 10.1. The van der Waals surface area contributed by atoms with E-state index in [9.17, 15) is 4.79 Å². The smallest absolute Gasteiger partial charge is 0.234 e. The molecule has 0 aliphatic carbocycles. The number of benzene rings is 1. The average Bonchev–Trinajstić information content (AvgIpc) is 2.94. The van der Waals surface area contributed by atoms with Crippen LogP contribution in [0.4, 0.5) is 0 Å². The summed E-state index contributed by atoms with van der Waals surface area (Å²) in [7, 11) is 2.02. The van der Waals surface area contributed by atoms with E-state index in [0.717, 1.165) is 25.9 Å². The van der Waals surface area contributed by atoms with Gasteiger partial charge in [-0.05, 0) is 32.0 Å². The molecule has 1 atom stereocenters. The minimum absolute atomic E-state index is 0.116. The van der Waals surface area contributed by atoms with Crippen LogP contribution in [0.3, 0.4) is 0 Å². The van der Waals surface area contributed by atoms with Crippen LogP contribution in [0.25, 0.3) is 0 Å². The molecule has 2 N–H and O–H groups in total. The second-order valence-corrected chi connectivity index (χ2v) is 5.15. The maximum absolute atomic E-state index is 11.8. The van der Waals surface area contributed by atoms with Crippen molar-refractivity contribution in [3.63, 3.8) is 0 Å². The van der Waals surface area contributed by atoms with Crippen LogP contribution in [-0.2, 0) is 11.2 Å². The first-order valence-electron chi connectivity index (χ1n) is 6.97. The first-order chi connectivity index (χ1) is 9.25. The zero-order chi connectivity index (χ0) is 13.5. The highest BCUT2D eigenvalue weighted by Crippen LogP contribution is 2.05. The molecule has 1 heterocycles. The minimum atomic E-state index is 0.116. The Morgan fingerprint density at radius 2 is 2.21 bits per heavy atom. The van der Waals surface area contributed by atoms with E-state index < -0.39 is 0 Å². The Bertz CT molecular complexity index is 388. The summed E-state index contributed by atoms with van der Waals surface area (Å²) in [6, 6.07) is 10.7. The monoisotopic (exact) mass is 261 g/mol. The molecule has 0 radical (unpaired) electrons. The van der Waals surface area contributed by atoms with Gasteiger partial charge in [-0.2, -0.15) is 0 Å². The number of amides is 1. The Labute approximate surface area is 115 Å². The van der Waals surface area contributed by atoms with Crippen molar-refractivity contribution in [2.75, 3.05) is 33.2 Å². The summed E-state index contributed by atoms with van der Waals surface area (Å²) in [6.07, 6.45) is 2.02. The van der Waals surface area contributed by atoms with Crippen molar-refractivity contribution in [1.82, 2.24) is 15.5 Å². The zero-order valence-corrected chi connectivity index (χ0v) is 11.6. The Hall–Kier alpha value is -1.39. The summed E-state index contributed by atoms with van der Waals surface area (Å²) >= 11 is 0. The number of nitrogens with zero attached hydrogens (tertiary/aromatic N) is 1. The van der Waals surface area contributed by atoms with Crippen molar-refractivity contribution in [3.8, 4) is 0 Å². The first kappa shape index (κ1) is 14.0. The molecule has 1 aliphatic rings. The average molecular weight is 261 g/mol. The van der Waals surface area contributed by atoms with Crippen LogP contribution in [0.5, 0.6) is 0 Å². The van der Waals surface area contributed by atoms with Crippen molar-refractivity contribution in [3.05, 3.63) is 35.9 Å². The third-order valence-corrected chi connectivity index (χ3v) is 3.63. The zero-order valence-electron chi connectivity index (χ0n) is 11.6. The van der Waals surface area contributed by atoms with E-state index in [1.807, 2.05) is 25.2 Å². The first-order valence-corrected chi connectivity index (χ1v) is 6.97. The molecule has 0 saturated carbocycles. The summed E-state index contributed by atoms with van der Waals surface area (Å²) in [5.74, 6) is 0.116. The number of hydrogen-bond acceptors (Lipinski definition) is 3. The second-order valence-electron chi connectivity index (χ2n) is 5.15. The number of rotatable bonds is 6. The van der Waals surface area contributed by atoms with Crippen molar-refractivity contribution in [2.24, 2.45) is 0 Å². The van der Waals surface area contributed by atoms with Gasteiger partial charge in [0.25, 0.3) is 0 Å². The molecule has 1 aromatic carbocycles. The molecule has 4 nitrogen and oxygen atoms in total. The van der Waals surface area contributed by atoms with Gasteiger partial charge in [0.05, 0.1) is 6.54 Å². The van der Waals surface area contributed by atoms with E-state index in [0.29, 0.717) is 19.1 Å². The number of carbonyl (C=O) groups excluding carboxylic acids is 1. The lowest BCUT2D eigenvalue weighted by molar-refractivity contribution is -0.122. The standard InChI is InChI=1S/C15H23N3O/c1-18(14-8-9-16-11-14)12-15(19)17-10-7-13-5-3-2-4-6-13/h2-6,14,16H,7-12H2,1H3,(H,17,19). The van der Waals surface area contributed by atoms with Gasteiger partial charge >= 0.3 is 0 Å². The fraction of sp³-hybridized carbons (Fsp3) is 0.533. The maximum Gasteiger partial charge on any atom is 0.234 e. The highest BCUT2D eigenvalue weighted by molar-refractivity contribution is 5.78. The van der Waals surface area contributed by atoms with Crippen molar-refractivity contribution in [1.29, 1.82) is 0 Å². The quantitative estimate of drug-likeness (QED) is 0.790. The fourth-order valence-electron chi connectivity index (χ4n) is 2.42. The Balaban J connectivity index is 1.64. The largest absolute Gasteiger partial charge is 0.355 e. The van der Waals surface area contributed by atoms with E-state index in [2.05, 4.69) is 27.7 Å². The van der Waals surface area contributed by atoms with Gasteiger partial charge in [0.15, 0.2) is 0 Å². The van der Waals surface area contributed by atoms with Gasteiger partial charge in [-0.3, -0.25) is 9.69 Å². The molecule has 0 bridgehead atoms. The summed E-state index contributed by atoms with van der Waals surface area (Å²) < 4.78 is 0. The number of likely N-dealkylation sites (N-methyl/N-ethyl adjacent to an activating group) is 1. The van der Waals surface area contributed by atoms with Crippen LogP contribution in [0.1, 0.15) is 12.0 Å². The Morgan fingerprint density at radius 1 is 1.42 bits per heavy atom. The summed E-state index contributed by atoms with van der Waals surface area (Å²) in [6.45, 7) is 3.25. The molecule has 1 aromatic rings. The van der Waals surface area contributed by atoms with E-state index >= 15 is 0 Å². The summed E-state index contributed by atoms with van der Waals surface area (Å²) in [5.41, 5.74) is 1.26. The number of carbonyl (C=O) groups is 1. The summed E-state index contributed by atoms with van der Waals surface area (Å²) in [5, 5.41) is 6.30. The van der Waals surface area contributed by atoms with Gasteiger partial charge in [-0.1, -0.05) is 30.3 Å².